The average molecular weight is 997 g/mol. The highest BCUT2D eigenvalue weighted by atomic mass is 32.3. The number of rotatable bonds is 4. The summed E-state index contributed by atoms with van der Waals surface area (Å²) in [5.74, 6) is -3.29. The van der Waals surface area contributed by atoms with Crippen LogP contribution in [0.15, 0.2) is 78.4 Å². The van der Waals surface area contributed by atoms with E-state index in [1.54, 1.807) is 26.8 Å². The van der Waals surface area contributed by atoms with Gasteiger partial charge in [-0.25, -0.2) is 4.79 Å². The van der Waals surface area contributed by atoms with Crippen LogP contribution in [0.2, 0.25) is 0 Å². The summed E-state index contributed by atoms with van der Waals surface area (Å²) < 4.78 is 50.0. The summed E-state index contributed by atoms with van der Waals surface area (Å²) in [6.45, 7) is 12.1. The highest BCUT2D eigenvalue weighted by Crippen LogP contribution is 2.78. The molecule has 8 N–H and O–H groups in total. The van der Waals surface area contributed by atoms with Crippen LogP contribution in [-0.2, 0) is 24.7 Å². The first-order valence-corrected chi connectivity index (χ1v) is 25.7. The van der Waals surface area contributed by atoms with E-state index in [-0.39, 0.29) is 25.4 Å². The smallest absolute Gasteiger partial charge is 0.394 e. The summed E-state index contributed by atoms with van der Waals surface area (Å²) in [6, 6.07) is 22.0. The zero-order chi connectivity index (χ0) is 50.5. The number of carbonyl (C=O) groups is 1. The molecule has 3 heterocycles. The van der Waals surface area contributed by atoms with Gasteiger partial charge in [-0.05, 0) is 125 Å². The normalized spacial score (nSPS) is 40.9. The Bertz CT molecular complexity index is 2620. The Morgan fingerprint density at radius 2 is 1.55 bits per heavy atom. The number of nitrogens with zero attached hydrogens (tertiary/aromatic N) is 2. The number of aryl methyl sites for hydroxylation is 1. The molecule has 0 aromatic heterocycles. The van der Waals surface area contributed by atoms with Crippen molar-refractivity contribution in [3.05, 3.63) is 83.9 Å². The van der Waals surface area contributed by atoms with Crippen molar-refractivity contribution in [1.82, 2.24) is 4.90 Å². The van der Waals surface area contributed by atoms with Crippen LogP contribution in [0.25, 0.3) is 10.8 Å². The third-order valence-electron chi connectivity index (χ3n) is 17.6. The molecular weight excluding hydrogens is 929 g/mol. The van der Waals surface area contributed by atoms with E-state index in [4.69, 9.17) is 44.0 Å². The van der Waals surface area contributed by atoms with Crippen LogP contribution >= 0.6 is 12.2 Å². The number of ether oxygens (including phenoxy) is 3. The largest absolute Gasteiger partial charge is 0.453 e. The molecule has 3 aromatic carbocycles. The molecular formula is C51H68N2O14S2. The molecule has 4 aliphatic carbocycles. The molecule has 10 rings (SSSR count). The van der Waals surface area contributed by atoms with E-state index in [1.807, 2.05) is 61.3 Å². The predicted molar refractivity (Wildman–Crippen MR) is 261 cm³/mol. The molecule has 16 nitrogen and oxygen atoms in total. The molecule has 69 heavy (non-hydrogen) atoms. The number of fused-ring (bicyclic) bond motifs is 6. The van der Waals surface area contributed by atoms with E-state index in [0.29, 0.717) is 55.3 Å². The molecule has 4 saturated carbocycles. The van der Waals surface area contributed by atoms with Gasteiger partial charge in [0.1, 0.15) is 28.2 Å². The second-order valence-electron chi connectivity index (χ2n) is 21.4. The number of hydrogen-bond donors (Lipinski definition) is 8. The second-order valence-corrected chi connectivity index (χ2v) is 22.6. The van der Waals surface area contributed by atoms with E-state index in [1.165, 1.54) is 10.9 Å². The number of piperidine rings is 2. The first kappa shape index (κ1) is 51.7. The molecule has 0 radical (unpaired) electrons. The molecule has 3 aliphatic heterocycles. The van der Waals surface area contributed by atoms with Crippen LogP contribution in [0.4, 0.5) is 5.69 Å². The maximum absolute atomic E-state index is 12.9. The van der Waals surface area contributed by atoms with Crippen molar-refractivity contribution in [3.8, 4) is 5.75 Å². The number of carbonyl (C=O) groups excluding carboxylic acids is 1. The summed E-state index contributed by atoms with van der Waals surface area (Å²) in [6.07, 6.45) is 2.30. The van der Waals surface area contributed by atoms with Crippen LogP contribution in [-0.4, -0.2) is 136 Å². The molecule has 4 bridgehead atoms. The van der Waals surface area contributed by atoms with Gasteiger partial charge in [0.05, 0.1) is 11.7 Å². The number of aliphatic hydroxyl groups is 6. The number of thiocarbonyl (C=S) groups is 1. The molecule has 7 fully saturated rings. The van der Waals surface area contributed by atoms with Gasteiger partial charge in [0, 0.05) is 73.4 Å². The van der Waals surface area contributed by atoms with E-state index in [9.17, 15) is 35.4 Å². The first-order valence-electron chi connectivity index (χ1n) is 23.9. The molecule has 7 aliphatic rings. The van der Waals surface area contributed by atoms with Crippen LogP contribution < -0.4 is 9.64 Å². The lowest BCUT2D eigenvalue weighted by molar-refractivity contribution is -0.354. The minimum atomic E-state index is -4.67. The fourth-order valence-electron chi connectivity index (χ4n) is 14.1. The lowest BCUT2D eigenvalue weighted by Gasteiger charge is -2.68. The molecule has 14 atom stereocenters. The van der Waals surface area contributed by atoms with Crippen molar-refractivity contribution >= 4 is 50.2 Å². The van der Waals surface area contributed by atoms with Crippen molar-refractivity contribution in [2.75, 3.05) is 25.0 Å². The summed E-state index contributed by atoms with van der Waals surface area (Å²) in [4.78, 5) is 16.8. The number of aliphatic hydroxyl groups excluding tert-OH is 1. The number of allylic oxidation sites excluding steroid dienone is 1. The summed E-state index contributed by atoms with van der Waals surface area (Å²) in [5, 5.41) is 76.7. The third kappa shape index (κ3) is 8.24. The predicted octanol–water partition coefficient (Wildman–Crippen LogP) is 5.29. The zero-order valence-electron chi connectivity index (χ0n) is 40.3. The summed E-state index contributed by atoms with van der Waals surface area (Å²) in [7, 11) is -2.75. The molecule has 3 saturated heterocycles. The van der Waals surface area contributed by atoms with Gasteiger partial charge in [-0.1, -0.05) is 62.4 Å². The van der Waals surface area contributed by atoms with Gasteiger partial charge < -0.3 is 49.7 Å². The van der Waals surface area contributed by atoms with Crippen LogP contribution in [0.3, 0.4) is 0 Å². The van der Waals surface area contributed by atoms with Gasteiger partial charge in [-0.3, -0.25) is 14.0 Å². The first-order chi connectivity index (χ1) is 32.1. The maximum Gasteiger partial charge on any atom is 0.394 e. The summed E-state index contributed by atoms with van der Waals surface area (Å²) in [5.41, 5.74) is -6.75. The minimum absolute atomic E-state index is 0.0606. The Balaban J connectivity index is 0.000000199. The molecule has 3 aromatic rings. The Morgan fingerprint density at radius 1 is 0.884 bits per heavy atom. The lowest BCUT2D eigenvalue weighted by Crippen LogP contribution is -2.85. The highest BCUT2D eigenvalue weighted by Gasteiger charge is 2.88. The second kappa shape index (κ2) is 17.8. The molecule has 14 unspecified atom stereocenters. The van der Waals surface area contributed by atoms with Crippen LogP contribution in [0.5, 0.6) is 5.75 Å². The number of benzene rings is 3. The van der Waals surface area contributed by atoms with Crippen molar-refractivity contribution < 1.29 is 67.2 Å². The van der Waals surface area contributed by atoms with Gasteiger partial charge in [0.15, 0.2) is 6.10 Å². The van der Waals surface area contributed by atoms with Gasteiger partial charge in [0.2, 0.25) is 5.79 Å². The Kier molecular flexibility index (Phi) is 13.4. The number of esters is 1. The quantitative estimate of drug-likeness (QED) is 0.0717. The monoisotopic (exact) mass is 996 g/mol. The molecule has 1 spiro atoms. The van der Waals surface area contributed by atoms with Gasteiger partial charge in [-0.15, -0.1) is 0 Å². The van der Waals surface area contributed by atoms with E-state index in [2.05, 4.69) is 43.0 Å². The Hall–Kier alpha value is -3.63. The minimum Gasteiger partial charge on any atom is -0.453 e. The van der Waals surface area contributed by atoms with Gasteiger partial charge in [-0.2, -0.15) is 8.42 Å². The van der Waals surface area contributed by atoms with E-state index >= 15 is 0 Å². The number of anilines is 1. The molecule has 18 heteroatoms. The maximum atomic E-state index is 12.9. The standard InChI is InChI=1S/C32H49NO9.C19H17NOS.H2O4S/c1-6-18(3)25(35)41-24-11-12-26(4)19-8-9-20-28(37)13-23(34)31(39)21(29(28,38)16-30(20,26)42-32(19,24)40)15-33-14-17(2)7-10-22(33)27(31,5)36;1-14-6-5-9-17(12-14)20(2)19(22)21-18-11-10-15-7-3-4-8-16(15)13-18;1-5(2,3)4/h6,17,19-24,34,36-40H,7-16H2,1-5H3;3-13H,1-2H3;(H2,1,2,3,4). The topological polar surface area (TPSA) is 247 Å². The van der Waals surface area contributed by atoms with Gasteiger partial charge in [0.25, 0.3) is 5.17 Å². The van der Waals surface area contributed by atoms with E-state index in [0.717, 1.165) is 23.2 Å². The SMILES string of the molecule is CC=C(C)C(=O)OC1CCC2(C)C3CCC4C5(O)CC(O)C6(O)C(CN7CC(C)CCC7C6(C)O)C5(O)CC42OC13O.Cc1cccc(N(C)C(=S)Oc2ccc3ccccc3c2)c1.O=S(=O)(O)O. The molecule has 0 amide bonds. The fraction of sp³-hybridized carbons (Fsp3) is 0.608. The average Bonchev–Trinajstić information content (AvgIpc) is 3.45. The van der Waals surface area contributed by atoms with Crippen molar-refractivity contribution in [3.63, 3.8) is 0 Å². The molecule has 378 valence electrons. The van der Waals surface area contributed by atoms with Crippen LogP contribution in [0, 0.1) is 36.0 Å². The fourth-order valence-corrected chi connectivity index (χ4v) is 14.3. The lowest BCUT2D eigenvalue weighted by atomic mass is 9.49. The van der Waals surface area contributed by atoms with Crippen molar-refractivity contribution in [2.45, 2.75) is 145 Å². The highest BCUT2D eigenvalue weighted by molar-refractivity contribution is 7.80. The van der Waals surface area contributed by atoms with Crippen molar-refractivity contribution in [2.24, 2.45) is 29.1 Å². The van der Waals surface area contributed by atoms with Crippen molar-refractivity contribution in [1.29, 1.82) is 0 Å². The Morgan fingerprint density at radius 3 is 2.22 bits per heavy atom. The number of hydrogen-bond acceptors (Lipinski definition) is 14. The van der Waals surface area contributed by atoms with Crippen LogP contribution in [0.1, 0.15) is 91.5 Å². The third-order valence-corrected chi connectivity index (χ3v) is 18.0. The Labute approximate surface area is 409 Å². The van der Waals surface area contributed by atoms with Gasteiger partial charge >= 0.3 is 16.4 Å². The summed E-state index contributed by atoms with van der Waals surface area (Å²) >= 11 is 5.41. The van der Waals surface area contributed by atoms with E-state index < -0.39 is 85.5 Å². The zero-order valence-corrected chi connectivity index (χ0v) is 41.9.